The van der Waals surface area contributed by atoms with E-state index < -0.39 is 41.8 Å². The van der Waals surface area contributed by atoms with Gasteiger partial charge in [0.2, 0.25) is 17.7 Å². The first-order valence-corrected chi connectivity index (χ1v) is 10.2. The number of aromatic amines is 1. The zero-order valence-corrected chi connectivity index (χ0v) is 17.9. The molecule has 0 radical (unpaired) electrons. The van der Waals surface area contributed by atoms with Gasteiger partial charge in [-0.3, -0.25) is 14.4 Å². The van der Waals surface area contributed by atoms with Crippen LogP contribution in [0.25, 0.3) is 0 Å². The summed E-state index contributed by atoms with van der Waals surface area (Å²) in [4.78, 5) is 55.6. The molecule has 0 saturated heterocycles. The number of unbranched alkanes of at least 4 members (excludes halogenated alkanes) is 1. The number of hydrogen-bond acceptors (Lipinski definition) is 7. The fourth-order valence-electron chi connectivity index (χ4n) is 2.88. The van der Waals surface area contributed by atoms with Gasteiger partial charge >= 0.3 is 5.97 Å². The molecule has 31 heavy (non-hydrogen) atoms. The molecule has 12 heteroatoms. The van der Waals surface area contributed by atoms with Crippen LogP contribution >= 0.6 is 0 Å². The molecule has 12 nitrogen and oxygen atoms in total. The standard InChI is InChI=1S/C19H33N7O5/c1-11(2)16(18(29)25-13(19(30)31)5-3-4-6-20)26-17(28)14(24-15(27)8-21)7-12-9-22-10-23-12/h9-11,13-14,16H,3-8,20-21H2,1-2H3,(H,22,23)(H,24,27)(H,25,29)(H,26,28)(H,30,31). The van der Waals surface area contributed by atoms with Crippen molar-refractivity contribution in [3.63, 3.8) is 0 Å². The maximum absolute atomic E-state index is 12.9. The van der Waals surface area contributed by atoms with Gasteiger partial charge in [-0.25, -0.2) is 9.78 Å². The van der Waals surface area contributed by atoms with Gasteiger partial charge in [0, 0.05) is 18.3 Å². The fraction of sp³-hybridized carbons (Fsp3) is 0.632. The van der Waals surface area contributed by atoms with Crippen molar-refractivity contribution >= 4 is 23.7 Å². The van der Waals surface area contributed by atoms with E-state index in [2.05, 4.69) is 25.9 Å². The first-order valence-electron chi connectivity index (χ1n) is 10.2. The van der Waals surface area contributed by atoms with Crippen molar-refractivity contribution in [1.82, 2.24) is 25.9 Å². The lowest BCUT2D eigenvalue weighted by atomic mass is 10.0. The van der Waals surface area contributed by atoms with Gasteiger partial charge < -0.3 is 37.5 Å². The molecular formula is C19H33N7O5. The lowest BCUT2D eigenvalue weighted by Gasteiger charge is -2.26. The van der Waals surface area contributed by atoms with E-state index >= 15 is 0 Å². The molecule has 1 aromatic heterocycles. The molecule has 9 N–H and O–H groups in total. The molecule has 0 aliphatic rings. The van der Waals surface area contributed by atoms with Crippen molar-refractivity contribution in [3.8, 4) is 0 Å². The second-order valence-electron chi connectivity index (χ2n) is 7.52. The smallest absolute Gasteiger partial charge is 0.326 e. The van der Waals surface area contributed by atoms with Gasteiger partial charge in [-0.15, -0.1) is 0 Å². The monoisotopic (exact) mass is 439 g/mol. The number of nitrogens with one attached hydrogen (secondary N) is 4. The third-order valence-corrected chi connectivity index (χ3v) is 4.62. The summed E-state index contributed by atoms with van der Waals surface area (Å²) in [5.74, 6) is -3.24. The fourth-order valence-corrected chi connectivity index (χ4v) is 2.88. The second kappa shape index (κ2) is 13.3. The number of nitrogens with zero attached hydrogens (tertiary/aromatic N) is 1. The van der Waals surface area contributed by atoms with Crippen molar-refractivity contribution in [2.45, 2.75) is 57.7 Å². The van der Waals surface area contributed by atoms with Crippen molar-refractivity contribution in [3.05, 3.63) is 18.2 Å². The van der Waals surface area contributed by atoms with E-state index in [1.807, 2.05) is 0 Å². The highest BCUT2D eigenvalue weighted by atomic mass is 16.4. The Morgan fingerprint density at radius 2 is 1.77 bits per heavy atom. The van der Waals surface area contributed by atoms with Crippen molar-refractivity contribution in [1.29, 1.82) is 0 Å². The number of carbonyl (C=O) groups is 4. The van der Waals surface area contributed by atoms with Crippen LogP contribution in [-0.2, 0) is 25.6 Å². The molecule has 0 fully saturated rings. The molecule has 3 atom stereocenters. The molecule has 0 saturated carbocycles. The first-order chi connectivity index (χ1) is 14.7. The number of H-pyrrole nitrogens is 1. The van der Waals surface area contributed by atoms with Crippen LogP contribution in [0.2, 0.25) is 0 Å². The number of imidazole rings is 1. The lowest BCUT2D eigenvalue weighted by molar-refractivity contribution is -0.142. The molecule has 3 amide bonds. The largest absolute Gasteiger partial charge is 0.480 e. The summed E-state index contributed by atoms with van der Waals surface area (Å²) in [6.07, 6.45) is 4.48. The van der Waals surface area contributed by atoms with Gasteiger partial charge in [0.15, 0.2) is 0 Å². The van der Waals surface area contributed by atoms with Crippen LogP contribution in [0.3, 0.4) is 0 Å². The topological polar surface area (TPSA) is 205 Å². The van der Waals surface area contributed by atoms with E-state index in [9.17, 15) is 24.3 Å². The minimum atomic E-state index is -1.16. The van der Waals surface area contributed by atoms with E-state index in [1.165, 1.54) is 12.5 Å². The number of aromatic nitrogens is 2. The van der Waals surface area contributed by atoms with E-state index in [0.717, 1.165) is 0 Å². The Morgan fingerprint density at radius 1 is 1.06 bits per heavy atom. The summed E-state index contributed by atoms with van der Waals surface area (Å²) in [7, 11) is 0. The van der Waals surface area contributed by atoms with Crippen LogP contribution in [0.5, 0.6) is 0 Å². The molecule has 3 unspecified atom stereocenters. The number of nitrogens with two attached hydrogens (primary N) is 2. The van der Waals surface area contributed by atoms with E-state index in [-0.39, 0.29) is 25.3 Å². The van der Waals surface area contributed by atoms with Crippen molar-refractivity contribution in [2.24, 2.45) is 17.4 Å². The highest BCUT2D eigenvalue weighted by Crippen LogP contribution is 2.07. The number of carboxylic acids is 1. The molecule has 1 rings (SSSR count). The van der Waals surface area contributed by atoms with Gasteiger partial charge in [0.25, 0.3) is 0 Å². The molecule has 0 aliphatic heterocycles. The highest BCUT2D eigenvalue weighted by Gasteiger charge is 2.31. The molecule has 0 spiro atoms. The Hall–Kier alpha value is -2.99. The summed E-state index contributed by atoms with van der Waals surface area (Å²) < 4.78 is 0. The lowest BCUT2D eigenvalue weighted by Crippen LogP contribution is -2.58. The quantitative estimate of drug-likeness (QED) is 0.165. The molecule has 1 heterocycles. The maximum atomic E-state index is 12.9. The molecule has 0 bridgehead atoms. The maximum Gasteiger partial charge on any atom is 0.326 e. The third kappa shape index (κ3) is 9.13. The summed E-state index contributed by atoms with van der Waals surface area (Å²) in [6.45, 7) is 3.56. The van der Waals surface area contributed by atoms with Gasteiger partial charge in [0.1, 0.15) is 18.1 Å². The number of carboxylic acid groups (broad SMARTS) is 1. The molecule has 174 valence electrons. The SMILES string of the molecule is CC(C)C(NC(=O)C(Cc1cnc[nH]1)NC(=O)CN)C(=O)NC(CCCCN)C(=O)O. The Bertz CT molecular complexity index is 723. The average Bonchev–Trinajstić information content (AvgIpc) is 3.23. The van der Waals surface area contributed by atoms with E-state index in [0.29, 0.717) is 25.1 Å². The van der Waals surface area contributed by atoms with Crippen molar-refractivity contribution < 1.29 is 24.3 Å². The summed E-state index contributed by atoms with van der Waals surface area (Å²) in [6, 6.07) is -3.08. The Morgan fingerprint density at radius 3 is 2.29 bits per heavy atom. The molecular weight excluding hydrogens is 406 g/mol. The van der Waals surface area contributed by atoms with Gasteiger partial charge in [-0.1, -0.05) is 13.8 Å². The number of rotatable bonds is 14. The van der Waals surface area contributed by atoms with E-state index in [4.69, 9.17) is 11.5 Å². The predicted octanol–water partition coefficient (Wildman–Crippen LogP) is -1.77. The van der Waals surface area contributed by atoms with E-state index in [1.54, 1.807) is 13.8 Å². The number of hydrogen-bond donors (Lipinski definition) is 7. The number of amides is 3. The van der Waals surface area contributed by atoms with Gasteiger partial charge in [-0.05, 0) is 31.7 Å². The molecule has 0 aliphatic carbocycles. The van der Waals surface area contributed by atoms with Gasteiger partial charge in [-0.2, -0.15) is 0 Å². The average molecular weight is 440 g/mol. The number of carbonyl (C=O) groups excluding carboxylic acids is 3. The van der Waals surface area contributed by atoms with Crippen LogP contribution in [0.15, 0.2) is 12.5 Å². The van der Waals surface area contributed by atoms with Crippen LogP contribution < -0.4 is 27.4 Å². The first kappa shape index (κ1) is 26.0. The molecule has 0 aromatic carbocycles. The van der Waals surface area contributed by atoms with Crippen LogP contribution in [0, 0.1) is 5.92 Å². The number of aliphatic carboxylic acids is 1. The Balaban J connectivity index is 2.88. The zero-order chi connectivity index (χ0) is 23.4. The summed E-state index contributed by atoms with van der Waals surface area (Å²) in [5.41, 5.74) is 11.4. The minimum absolute atomic E-state index is 0.112. The third-order valence-electron chi connectivity index (χ3n) is 4.62. The predicted molar refractivity (Wildman–Crippen MR) is 113 cm³/mol. The minimum Gasteiger partial charge on any atom is -0.480 e. The van der Waals surface area contributed by atoms with Crippen LogP contribution in [0.4, 0.5) is 0 Å². The Labute approximate surface area is 180 Å². The van der Waals surface area contributed by atoms with Gasteiger partial charge in [0.05, 0.1) is 12.9 Å². The second-order valence-corrected chi connectivity index (χ2v) is 7.52. The van der Waals surface area contributed by atoms with Crippen LogP contribution in [0.1, 0.15) is 38.8 Å². The Kier molecular flexibility index (Phi) is 11.2. The normalized spacial score (nSPS) is 13.8. The highest BCUT2D eigenvalue weighted by molar-refractivity contribution is 5.93. The molecule has 1 aromatic rings. The van der Waals surface area contributed by atoms with Crippen LogP contribution in [-0.4, -0.2) is 70.0 Å². The summed E-state index contributed by atoms with van der Waals surface area (Å²) >= 11 is 0. The van der Waals surface area contributed by atoms with Crippen molar-refractivity contribution in [2.75, 3.05) is 13.1 Å². The zero-order valence-electron chi connectivity index (χ0n) is 17.9. The summed E-state index contributed by atoms with van der Waals surface area (Å²) in [5, 5.41) is 17.0.